The average molecular weight is 441 g/mol. The van der Waals surface area contributed by atoms with E-state index < -0.39 is 0 Å². The fourth-order valence-corrected chi connectivity index (χ4v) is 8.15. The van der Waals surface area contributed by atoms with Crippen LogP contribution in [-0.4, -0.2) is 6.10 Å². The zero-order chi connectivity index (χ0) is 21.2. The molecule has 4 aliphatic rings. The van der Waals surface area contributed by atoms with E-state index >= 15 is 0 Å². The van der Waals surface area contributed by atoms with Crippen LogP contribution in [0.25, 0.3) is 0 Å². The number of hydrogen-bond acceptors (Lipinski definition) is 1. The van der Waals surface area contributed by atoms with Gasteiger partial charge >= 0.3 is 51.4 Å². The fourth-order valence-electron chi connectivity index (χ4n) is 8.15. The third-order valence-electron chi connectivity index (χ3n) is 9.84. The molecule has 3 saturated carbocycles. The maximum Gasteiger partial charge on any atom is 1.00 e. The quantitative estimate of drug-likeness (QED) is 0.350. The summed E-state index contributed by atoms with van der Waals surface area (Å²) in [5, 5.41) is 12.1. The summed E-state index contributed by atoms with van der Waals surface area (Å²) < 4.78 is 0. The summed E-state index contributed by atoms with van der Waals surface area (Å²) in [6.45, 7) is 13.9. The average Bonchev–Trinajstić information content (AvgIpc) is 3.03. The van der Waals surface area contributed by atoms with Crippen molar-refractivity contribution in [2.45, 2.75) is 125 Å². The molecule has 30 heavy (non-hydrogen) atoms. The molecule has 0 aromatic rings. The van der Waals surface area contributed by atoms with Crippen molar-refractivity contribution in [3.63, 3.8) is 0 Å². The van der Waals surface area contributed by atoms with E-state index in [1.54, 1.807) is 5.57 Å². The summed E-state index contributed by atoms with van der Waals surface area (Å²) >= 11 is 0. The van der Waals surface area contributed by atoms with Crippen LogP contribution in [-0.2, 0) is 0 Å². The van der Waals surface area contributed by atoms with Crippen molar-refractivity contribution in [3.8, 4) is 0 Å². The maximum absolute atomic E-state index is 12.1. The first kappa shape index (κ1) is 27.6. The predicted octanol–water partition coefficient (Wildman–Crippen LogP) is 4.54. The Morgan fingerprint density at radius 1 is 1.00 bits per heavy atom. The molecular formula is C28H49KO. The number of rotatable bonds is 5. The Balaban J connectivity index is 0.00000104. The molecule has 4 rings (SSSR count). The molecule has 0 aliphatic heterocycles. The number of hydrogen-bond donors (Lipinski definition) is 0. The minimum absolute atomic E-state index is 0. The minimum Gasteiger partial charge on any atom is -0.852 e. The van der Waals surface area contributed by atoms with E-state index in [1.165, 1.54) is 57.8 Å². The second-order valence-electron chi connectivity index (χ2n) is 11.6. The van der Waals surface area contributed by atoms with Gasteiger partial charge < -0.3 is 5.11 Å². The van der Waals surface area contributed by atoms with Crippen molar-refractivity contribution in [2.75, 3.05) is 0 Å². The van der Waals surface area contributed by atoms with E-state index in [-0.39, 0.29) is 57.5 Å². The van der Waals surface area contributed by atoms with Crippen LogP contribution in [0.15, 0.2) is 11.6 Å². The molecule has 3 fully saturated rings. The fraction of sp³-hybridized carbons (Fsp3) is 0.929. The van der Waals surface area contributed by atoms with Crippen molar-refractivity contribution in [3.05, 3.63) is 11.6 Å². The van der Waals surface area contributed by atoms with E-state index in [4.69, 9.17) is 0 Å². The maximum atomic E-state index is 12.1. The Bertz CT molecular complexity index is 569. The zero-order valence-electron chi connectivity index (χ0n) is 21.4. The summed E-state index contributed by atoms with van der Waals surface area (Å²) in [6.07, 6.45) is 18.1. The molecule has 0 aromatic heterocycles. The molecule has 0 saturated heterocycles. The summed E-state index contributed by atoms with van der Waals surface area (Å²) in [7, 11) is 0. The Morgan fingerprint density at radius 3 is 2.43 bits per heavy atom. The zero-order valence-corrected chi connectivity index (χ0v) is 24.6. The van der Waals surface area contributed by atoms with Crippen LogP contribution >= 0.6 is 0 Å². The number of allylic oxidation sites excluding steroid dienone is 1. The molecule has 0 bridgehead atoms. The van der Waals surface area contributed by atoms with Crippen LogP contribution in [0.1, 0.15) is 119 Å². The smallest absolute Gasteiger partial charge is 0.852 e. The molecule has 168 valence electrons. The third kappa shape index (κ3) is 5.35. The third-order valence-corrected chi connectivity index (χ3v) is 9.84. The molecular weight excluding hydrogens is 391 g/mol. The van der Waals surface area contributed by atoms with Gasteiger partial charge in [0.2, 0.25) is 0 Å². The number of fused-ring (bicyclic) bond motifs is 5. The van der Waals surface area contributed by atoms with Gasteiger partial charge in [-0.05, 0) is 91.8 Å². The van der Waals surface area contributed by atoms with E-state index in [9.17, 15) is 5.11 Å². The van der Waals surface area contributed by atoms with Crippen LogP contribution in [0.5, 0.6) is 0 Å². The van der Waals surface area contributed by atoms with Crippen LogP contribution in [0.2, 0.25) is 0 Å². The molecule has 0 N–H and O–H groups in total. The van der Waals surface area contributed by atoms with Gasteiger partial charge in [0.15, 0.2) is 0 Å². The van der Waals surface area contributed by atoms with Gasteiger partial charge in [-0.25, -0.2) is 0 Å². The Morgan fingerprint density at radius 2 is 1.73 bits per heavy atom. The van der Waals surface area contributed by atoms with Gasteiger partial charge in [-0.2, -0.15) is 0 Å². The van der Waals surface area contributed by atoms with Gasteiger partial charge in [0.05, 0.1) is 0 Å². The topological polar surface area (TPSA) is 23.1 Å². The van der Waals surface area contributed by atoms with Crippen molar-refractivity contribution in [1.82, 2.24) is 0 Å². The van der Waals surface area contributed by atoms with Crippen LogP contribution < -0.4 is 56.5 Å². The normalized spacial score (nSPS) is 42.1. The molecule has 4 aliphatic carbocycles. The largest absolute Gasteiger partial charge is 1.00 e. The molecule has 0 heterocycles. The number of unbranched alkanes of at least 4 members (excludes halogenated alkanes) is 1. The second kappa shape index (κ2) is 11.7. The van der Waals surface area contributed by atoms with Gasteiger partial charge in [0.1, 0.15) is 0 Å². The van der Waals surface area contributed by atoms with E-state index in [0.717, 1.165) is 48.9 Å². The van der Waals surface area contributed by atoms with Crippen molar-refractivity contribution >= 4 is 0 Å². The summed E-state index contributed by atoms with van der Waals surface area (Å²) in [5.41, 5.74) is 2.53. The van der Waals surface area contributed by atoms with Gasteiger partial charge in [-0.1, -0.05) is 78.9 Å². The summed E-state index contributed by atoms with van der Waals surface area (Å²) in [5.74, 6) is 4.56. The van der Waals surface area contributed by atoms with Gasteiger partial charge in [0, 0.05) is 0 Å². The first-order valence-electron chi connectivity index (χ1n) is 13.2. The molecule has 4 unspecified atom stereocenters. The van der Waals surface area contributed by atoms with Gasteiger partial charge in [-0.15, -0.1) is 6.10 Å². The summed E-state index contributed by atoms with van der Waals surface area (Å²) in [4.78, 5) is 0. The monoisotopic (exact) mass is 440 g/mol. The minimum atomic E-state index is -0.323. The van der Waals surface area contributed by atoms with Gasteiger partial charge in [-0.3, -0.25) is 0 Å². The van der Waals surface area contributed by atoms with E-state index in [1.807, 2.05) is 13.8 Å². The predicted molar refractivity (Wildman–Crippen MR) is 124 cm³/mol. The van der Waals surface area contributed by atoms with Crippen LogP contribution in [0.3, 0.4) is 0 Å². The summed E-state index contributed by atoms with van der Waals surface area (Å²) in [6, 6.07) is 0. The molecule has 0 spiro atoms. The first-order valence-corrected chi connectivity index (χ1v) is 13.2. The van der Waals surface area contributed by atoms with Crippen molar-refractivity contribution in [1.29, 1.82) is 0 Å². The van der Waals surface area contributed by atoms with E-state index in [0.29, 0.717) is 10.8 Å². The first-order chi connectivity index (χ1) is 13.8. The molecule has 0 aromatic carbocycles. The Hall–Kier alpha value is 1.34. The molecule has 1 nitrogen and oxygen atoms in total. The molecule has 2 heteroatoms. The van der Waals surface area contributed by atoms with Crippen LogP contribution in [0.4, 0.5) is 0 Å². The van der Waals surface area contributed by atoms with Crippen molar-refractivity contribution < 1.29 is 56.5 Å². The van der Waals surface area contributed by atoms with Crippen molar-refractivity contribution in [2.24, 2.45) is 40.4 Å². The Labute approximate surface area is 231 Å². The van der Waals surface area contributed by atoms with Gasteiger partial charge in [0.25, 0.3) is 0 Å². The second-order valence-corrected chi connectivity index (χ2v) is 11.6. The van der Waals surface area contributed by atoms with E-state index in [2.05, 4.69) is 33.8 Å². The molecule has 0 radical (unpaired) electrons. The SMILES string of the molecule is CC.CC(C)CCCC[C@H]1CCC2C3CC=C4CC([O-])CC[C@]4(C)C3CC[C@@]21C.[K+]. The molecule has 0 amide bonds. The Kier molecular flexibility index (Phi) is 10.7. The molecule has 7 atom stereocenters. The standard InChI is InChI=1S/C26H43O.C2H6.K/c1-18(2)7-5-6-8-19-10-12-23-22-11-9-20-17-21(27)13-15-26(20,4)24(22)14-16-25(19,23)3;1-2;/h9,18-19,21-24H,5-8,10-17H2,1-4H3;1-2H3;/q-1;;+1/t19-,21?,22?,23?,24?,25+,26-;;/m0../s1. The van der Waals surface area contributed by atoms with Crippen LogP contribution in [0, 0.1) is 40.4 Å².